The van der Waals surface area contributed by atoms with Gasteiger partial charge in [0.15, 0.2) is 0 Å². The van der Waals surface area contributed by atoms with Crippen LogP contribution in [-0.2, 0) is 12.3 Å². The van der Waals surface area contributed by atoms with Gasteiger partial charge in [-0.15, -0.1) is 0 Å². The van der Waals surface area contributed by atoms with Crippen molar-refractivity contribution in [1.29, 1.82) is 0 Å². The average Bonchev–Trinajstić information content (AvgIpc) is 2.66. The molecular formula is C11H21N3S. The summed E-state index contributed by atoms with van der Waals surface area (Å²) >= 11 is 1.94. The molecular weight excluding hydrogens is 206 g/mol. The summed E-state index contributed by atoms with van der Waals surface area (Å²) in [6.07, 6.45) is 5.05. The smallest absolute Gasteiger partial charge is 0.0948 e. The lowest BCUT2D eigenvalue weighted by molar-refractivity contribution is 0.657. The summed E-state index contributed by atoms with van der Waals surface area (Å²) < 4.78 is 2.24. The van der Waals surface area contributed by atoms with Crippen molar-refractivity contribution in [2.75, 3.05) is 12.3 Å². The van der Waals surface area contributed by atoms with Gasteiger partial charge >= 0.3 is 0 Å². The lowest BCUT2D eigenvalue weighted by atomic mass is 10.2. The summed E-state index contributed by atoms with van der Waals surface area (Å²) in [5.74, 6) is 2.79. The quantitative estimate of drug-likeness (QED) is 0.776. The Bertz CT molecular complexity index is 273. The van der Waals surface area contributed by atoms with E-state index in [0.29, 0.717) is 5.92 Å². The molecule has 0 bridgehead atoms. The van der Waals surface area contributed by atoms with Crippen molar-refractivity contribution in [2.45, 2.75) is 32.6 Å². The molecule has 2 N–H and O–H groups in total. The topological polar surface area (TPSA) is 43.8 Å². The van der Waals surface area contributed by atoms with Crippen LogP contribution in [0, 0.1) is 5.92 Å². The van der Waals surface area contributed by atoms with Crippen LogP contribution in [0.25, 0.3) is 0 Å². The van der Waals surface area contributed by atoms with Crippen molar-refractivity contribution in [1.82, 2.24) is 9.55 Å². The highest BCUT2D eigenvalue weighted by Crippen LogP contribution is 2.15. The van der Waals surface area contributed by atoms with Crippen LogP contribution in [0.3, 0.4) is 0 Å². The third-order valence-electron chi connectivity index (χ3n) is 2.32. The van der Waals surface area contributed by atoms with Gasteiger partial charge in [-0.25, -0.2) is 4.98 Å². The number of hydrogen-bond donors (Lipinski definition) is 1. The maximum Gasteiger partial charge on any atom is 0.0948 e. The lowest BCUT2D eigenvalue weighted by Crippen LogP contribution is -2.13. The van der Waals surface area contributed by atoms with Gasteiger partial charge in [0.1, 0.15) is 0 Å². The second-order valence-electron chi connectivity index (χ2n) is 3.93. The minimum Gasteiger partial charge on any atom is -0.334 e. The third kappa shape index (κ3) is 4.26. The number of thioether (sulfide) groups is 1. The molecule has 0 radical (unpaired) electrons. The molecule has 0 aliphatic heterocycles. The number of aryl methyl sites for hydroxylation is 1. The van der Waals surface area contributed by atoms with E-state index in [4.69, 9.17) is 5.73 Å². The van der Waals surface area contributed by atoms with Crippen molar-refractivity contribution in [3.8, 4) is 0 Å². The van der Waals surface area contributed by atoms with Crippen molar-refractivity contribution in [3.05, 3.63) is 18.2 Å². The predicted molar refractivity (Wildman–Crippen MR) is 66.9 cm³/mol. The largest absolute Gasteiger partial charge is 0.334 e. The summed E-state index contributed by atoms with van der Waals surface area (Å²) in [6.45, 7) is 6.23. The number of aromatic nitrogens is 2. The van der Waals surface area contributed by atoms with Crippen LogP contribution in [0.5, 0.6) is 0 Å². The Morgan fingerprint density at radius 2 is 2.40 bits per heavy atom. The normalized spacial score (nSPS) is 13.0. The van der Waals surface area contributed by atoms with Gasteiger partial charge in [-0.2, -0.15) is 11.8 Å². The molecule has 0 fully saturated rings. The lowest BCUT2D eigenvalue weighted by Gasteiger charge is -2.09. The van der Waals surface area contributed by atoms with Gasteiger partial charge in [0.25, 0.3) is 0 Å². The highest BCUT2D eigenvalue weighted by molar-refractivity contribution is 7.98. The van der Waals surface area contributed by atoms with E-state index in [9.17, 15) is 0 Å². The average molecular weight is 227 g/mol. The van der Waals surface area contributed by atoms with Gasteiger partial charge in [0.05, 0.1) is 6.33 Å². The second-order valence-corrected chi connectivity index (χ2v) is 4.96. The third-order valence-corrected chi connectivity index (χ3v) is 3.62. The monoisotopic (exact) mass is 227 g/mol. The van der Waals surface area contributed by atoms with Gasteiger partial charge in [-0.05, 0) is 24.6 Å². The van der Waals surface area contributed by atoms with Gasteiger partial charge in [-0.1, -0.05) is 13.8 Å². The van der Waals surface area contributed by atoms with Gasteiger partial charge in [-0.3, -0.25) is 0 Å². The van der Waals surface area contributed by atoms with Crippen molar-refractivity contribution in [3.63, 3.8) is 0 Å². The number of imidazole rings is 1. The highest BCUT2D eigenvalue weighted by atomic mass is 32.2. The van der Waals surface area contributed by atoms with E-state index in [-0.39, 0.29) is 0 Å². The van der Waals surface area contributed by atoms with Crippen LogP contribution >= 0.6 is 11.8 Å². The zero-order chi connectivity index (χ0) is 11.1. The van der Waals surface area contributed by atoms with E-state index >= 15 is 0 Å². The van der Waals surface area contributed by atoms with Crippen LogP contribution in [0.4, 0.5) is 0 Å². The van der Waals surface area contributed by atoms with Gasteiger partial charge in [0, 0.05) is 24.2 Å². The molecule has 0 amide bonds. The molecule has 15 heavy (non-hydrogen) atoms. The molecule has 0 saturated heterocycles. The first-order valence-corrected chi connectivity index (χ1v) is 6.70. The fourth-order valence-electron chi connectivity index (χ4n) is 1.34. The summed E-state index contributed by atoms with van der Waals surface area (Å²) in [6, 6.07) is 0. The SMILES string of the molecule is CCCn1cncc1CSCC(C)CN. The van der Waals surface area contributed by atoms with Crippen molar-refractivity contribution in [2.24, 2.45) is 11.7 Å². The Morgan fingerprint density at radius 3 is 3.07 bits per heavy atom. The number of nitrogens with two attached hydrogens (primary N) is 1. The Morgan fingerprint density at radius 1 is 1.60 bits per heavy atom. The first kappa shape index (κ1) is 12.6. The number of hydrogen-bond acceptors (Lipinski definition) is 3. The molecule has 1 aromatic rings. The van der Waals surface area contributed by atoms with Crippen LogP contribution in [-0.4, -0.2) is 21.8 Å². The minimum atomic E-state index is 0.609. The van der Waals surface area contributed by atoms with Crippen LogP contribution in [0.2, 0.25) is 0 Å². The molecule has 1 unspecified atom stereocenters. The number of nitrogens with zero attached hydrogens (tertiary/aromatic N) is 2. The standard InChI is InChI=1S/C11H21N3S/c1-3-4-14-9-13-6-11(14)8-15-7-10(2)5-12/h6,9-10H,3-5,7-8,12H2,1-2H3. The first-order valence-electron chi connectivity index (χ1n) is 5.54. The Labute approximate surface area is 96.5 Å². The predicted octanol–water partition coefficient (Wildman–Crippen LogP) is 2.12. The summed E-state index contributed by atoms with van der Waals surface area (Å²) in [5, 5.41) is 0. The van der Waals surface area contributed by atoms with E-state index in [2.05, 4.69) is 23.4 Å². The van der Waals surface area contributed by atoms with Crippen LogP contribution in [0.1, 0.15) is 26.0 Å². The van der Waals surface area contributed by atoms with Crippen LogP contribution < -0.4 is 5.73 Å². The number of rotatable bonds is 7. The van der Waals surface area contributed by atoms with E-state index < -0.39 is 0 Å². The van der Waals surface area contributed by atoms with E-state index in [0.717, 1.165) is 31.0 Å². The molecule has 1 aromatic heterocycles. The van der Waals surface area contributed by atoms with Crippen molar-refractivity contribution >= 4 is 11.8 Å². The fourth-order valence-corrected chi connectivity index (χ4v) is 2.45. The maximum absolute atomic E-state index is 5.58. The molecule has 0 spiro atoms. The van der Waals surface area contributed by atoms with Crippen LogP contribution in [0.15, 0.2) is 12.5 Å². The van der Waals surface area contributed by atoms with Crippen molar-refractivity contribution < 1.29 is 0 Å². The van der Waals surface area contributed by atoms with E-state index in [1.807, 2.05) is 24.3 Å². The minimum absolute atomic E-state index is 0.609. The maximum atomic E-state index is 5.58. The molecule has 1 atom stereocenters. The van der Waals surface area contributed by atoms with Gasteiger partial charge in [0.2, 0.25) is 0 Å². The second kappa shape index (κ2) is 6.90. The molecule has 1 heterocycles. The molecule has 3 nitrogen and oxygen atoms in total. The molecule has 0 saturated carbocycles. The summed E-state index contributed by atoms with van der Waals surface area (Å²) in [5.41, 5.74) is 6.90. The Kier molecular flexibility index (Phi) is 5.79. The Balaban J connectivity index is 2.33. The first-order chi connectivity index (χ1) is 7.27. The molecule has 0 aliphatic carbocycles. The zero-order valence-corrected chi connectivity index (χ0v) is 10.5. The summed E-state index contributed by atoms with van der Waals surface area (Å²) in [4.78, 5) is 4.18. The molecule has 0 aromatic carbocycles. The molecule has 86 valence electrons. The summed E-state index contributed by atoms with van der Waals surface area (Å²) in [7, 11) is 0. The zero-order valence-electron chi connectivity index (χ0n) is 9.65. The highest BCUT2D eigenvalue weighted by Gasteiger charge is 2.03. The molecule has 1 rings (SSSR count). The van der Waals surface area contributed by atoms with Gasteiger partial charge < -0.3 is 10.3 Å². The molecule has 4 heteroatoms. The fraction of sp³-hybridized carbons (Fsp3) is 0.727. The van der Waals surface area contributed by atoms with E-state index in [1.165, 1.54) is 5.69 Å². The molecule has 0 aliphatic rings. The van der Waals surface area contributed by atoms with E-state index in [1.54, 1.807) is 0 Å². The Hall–Kier alpha value is -0.480.